The molecule has 0 bridgehead atoms. The average molecular weight is 228 g/mol. The Hall–Kier alpha value is -0.770. The van der Waals surface area contributed by atoms with Crippen LogP contribution in [0, 0.1) is 11.8 Å². The van der Waals surface area contributed by atoms with Gasteiger partial charge in [0, 0.05) is 6.54 Å². The monoisotopic (exact) mass is 228 g/mol. The van der Waals surface area contributed by atoms with Crippen molar-refractivity contribution in [3.8, 4) is 0 Å². The number of ether oxygens (including phenoxy) is 1. The first kappa shape index (κ1) is 13.3. The van der Waals surface area contributed by atoms with Gasteiger partial charge in [0.15, 0.2) is 0 Å². The van der Waals surface area contributed by atoms with Crippen molar-refractivity contribution in [3.63, 3.8) is 0 Å². The zero-order valence-corrected chi connectivity index (χ0v) is 10.2. The Bertz CT molecular complexity index is 209. The Balaban J connectivity index is 2.21. The smallest absolute Gasteiger partial charge is 0.407 e. The number of hydrogen-bond acceptors (Lipinski definition) is 3. The van der Waals surface area contributed by atoms with Crippen LogP contribution < -0.4 is 11.1 Å². The van der Waals surface area contributed by atoms with Crippen molar-refractivity contribution in [2.24, 2.45) is 17.6 Å². The van der Waals surface area contributed by atoms with Crippen LogP contribution in [0.2, 0.25) is 0 Å². The Morgan fingerprint density at radius 3 is 2.69 bits per heavy atom. The third-order valence-electron chi connectivity index (χ3n) is 3.32. The summed E-state index contributed by atoms with van der Waals surface area (Å²) in [5.41, 5.74) is 5.72. The molecular formula is C12H24N2O2. The van der Waals surface area contributed by atoms with Gasteiger partial charge in [-0.1, -0.05) is 19.8 Å². The van der Waals surface area contributed by atoms with E-state index in [0.29, 0.717) is 31.5 Å². The Kier molecular flexibility index (Phi) is 6.23. The Morgan fingerprint density at radius 1 is 1.38 bits per heavy atom. The van der Waals surface area contributed by atoms with Gasteiger partial charge in [-0.2, -0.15) is 0 Å². The molecular weight excluding hydrogens is 204 g/mol. The second kappa shape index (κ2) is 7.49. The summed E-state index contributed by atoms with van der Waals surface area (Å²) in [6, 6.07) is 0. The quantitative estimate of drug-likeness (QED) is 0.755. The fourth-order valence-corrected chi connectivity index (χ4v) is 2.27. The van der Waals surface area contributed by atoms with Crippen molar-refractivity contribution in [1.29, 1.82) is 0 Å². The van der Waals surface area contributed by atoms with E-state index in [9.17, 15) is 4.79 Å². The summed E-state index contributed by atoms with van der Waals surface area (Å²) in [6.07, 6.45) is 5.47. The van der Waals surface area contributed by atoms with Gasteiger partial charge in [-0.05, 0) is 37.6 Å². The second-order valence-electron chi connectivity index (χ2n) is 4.57. The van der Waals surface area contributed by atoms with Crippen LogP contribution in [0.1, 0.15) is 39.0 Å². The fourth-order valence-electron chi connectivity index (χ4n) is 2.27. The third-order valence-corrected chi connectivity index (χ3v) is 3.32. The highest BCUT2D eigenvalue weighted by Crippen LogP contribution is 2.29. The summed E-state index contributed by atoms with van der Waals surface area (Å²) in [4.78, 5) is 11.3. The maximum atomic E-state index is 11.3. The largest absolute Gasteiger partial charge is 0.449 e. The fraction of sp³-hybridized carbons (Fsp3) is 0.917. The number of carbonyl (C=O) groups is 1. The highest BCUT2D eigenvalue weighted by Gasteiger charge is 2.24. The van der Waals surface area contributed by atoms with Gasteiger partial charge in [-0.15, -0.1) is 0 Å². The minimum atomic E-state index is -0.289. The molecule has 0 aromatic heterocycles. The number of carbonyl (C=O) groups excluding carboxylic acids is 1. The van der Waals surface area contributed by atoms with Crippen LogP contribution in [-0.4, -0.2) is 25.8 Å². The topological polar surface area (TPSA) is 64.3 Å². The predicted molar refractivity (Wildman–Crippen MR) is 64.1 cm³/mol. The molecule has 3 N–H and O–H groups in total. The van der Waals surface area contributed by atoms with E-state index in [-0.39, 0.29) is 6.09 Å². The van der Waals surface area contributed by atoms with E-state index in [4.69, 9.17) is 10.5 Å². The molecule has 94 valence electrons. The lowest BCUT2D eigenvalue weighted by Gasteiger charge is -2.30. The van der Waals surface area contributed by atoms with Gasteiger partial charge in [-0.3, -0.25) is 0 Å². The first-order valence-corrected chi connectivity index (χ1v) is 6.38. The summed E-state index contributed by atoms with van der Waals surface area (Å²) in [5, 5.41) is 2.71. The molecule has 0 aromatic carbocycles. The number of rotatable bonds is 5. The molecule has 4 heteroatoms. The third kappa shape index (κ3) is 4.39. The molecule has 1 aliphatic carbocycles. The number of alkyl carbamates (subject to hydrolysis) is 1. The van der Waals surface area contributed by atoms with Crippen LogP contribution in [0.25, 0.3) is 0 Å². The van der Waals surface area contributed by atoms with Gasteiger partial charge in [0.25, 0.3) is 0 Å². The molecule has 1 rings (SSSR count). The lowest BCUT2D eigenvalue weighted by Crippen LogP contribution is -2.33. The van der Waals surface area contributed by atoms with Crippen molar-refractivity contribution in [3.05, 3.63) is 0 Å². The zero-order chi connectivity index (χ0) is 11.8. The predicted octanol–water partition coefficient (Wildman–Crippen LogP) is 1.89. The van der Waals surface area contributed by atoms with Crippen LogP contribution >= 0.6 is 0 Å². The van der Waals surface area contributed by atoms with Gasteiger partial charge in [0.05, 0.1) is 6.61 Å². The molecule has 1 aliphatic rings. The Morgan fingerprint density at radius 2 is 2.06 bits per heavy atom. The Labute approximate surface area is 97.9 Å². The van der Waals surface area contributed by atoms with Gasteiger partial charge in [-0.25, -0.2) is 4.79 Å². The van der Waals surface area contributed by atoms with E-state index in [1.807, 2.05) is 6.92 Å². The van der Waals surface area contributed by atoms with E-state index in [1.54, 1.807) is 0 Å². The number of amides is 1. The van der Waals surface area contributed by atoms with E-state index in [0.717, 1.165) is 12.8 Å². The summed E-state index contributed by atoms with van der Waals surface area (Å²) in [6.45, 7) is 3.94. The molecule has 1 fully saturated rings. The first-order valence-electron chi connectivity index (χ1n) is 6.38. The highest BCUT2D eigenvalue weighted by atomic mass is 16.5. The van der Waals surface area contributed by atoms with Crippen LogP contribution in [0.15, 0.2) is 0 Å². The zero-order valence-electron chi connectivity index (χ0n) is 10.2. The highest BCUT2D eigenvalue weighted by molar-refractivity contribution is 5.66. The standard InChI is InChI=1S/C12H24N2O2/c1-2-7-14-12(15)16-9-11-6-4-3-5-10(11)8-13/h10-11H,2-9,13H2,1H3,(H,14,15). The normalized spacial score (nSPS) is 25.1. The lowest BCUT2D eigenvalue weighted by molar-refractivity contribution is 0.0941. The van der Waals surface area contributed by atoms with Crippen LogP contribution in [0.3, 0.4) is 0 Å². The summed E-state index contributed by atoms with van der Waals surface area (Å²) >= 11 is 0. The lowest BCUT2D eigenvalue weighted by atomic mass is 9.80. The van der Waals surface area contributed by atoms with Gasteiger partial charge in [0.1, 0.15) is 0 Å². The molecule has 0 saturated heterocycles. The van der Waals surface area contributed by atoms with E-state index in [2.05, 4.69) is 5.32 Å². The minimum Gasteiger partial charge on any atom is -0.449 e. The summed E-state index contributed by atoms with van der Waals surface area (Å²) in [5.74, 6) is 0.999. The molecule has 16 heavy (non-hydrogen) atoms. The van der Waals surface area contributed by atoms with Crippen LogP contribution in [0.5, 0.6) is 0 Å². The molecule has 0 aliphatic heterocycles. The molecule has 2 unspecified atom stereocenters. The van der Waals surface area contributed by atoms with Crippen molar-refractivity contribution >= 4 is 6.09 Å². The molecule has 2 atom stereocenters. The minimum absolute atomic E-state index is 0.289. The number of hydrogen-bond donors (Lipinski definition) is 2. The second-order valence-corrected chi connectivity index (χ2v) is 4.57. The number of nitrogens with one attached hydrogen (secondary N) is 1. The molecule has 1 amide bonds. The molecule has 0 radical (unpaired) electrons. The first-order chi connectivity index (χ1) is 7.77. The van der Waals surface area contributed by atoms with Crippen LogP contribution in [0.4, 0.5) is 4.79 Å². The maximum absolute atomic E-state index is 11.3. The van der Waals surface area contributed by atoms with Gasteiger partial charge >= 0.3 is 6.09 Å². The summed E-state index contributed by atoms with van der Waals surface area (Å²) < 4.78 is 5.21. The number of nitrogens with two attached hydrogens (primary N) is 1. The van der Waals surface area contributed by atoms with Crippen molar-refractivity contribution in [2.75, 3.05) is 19.7 Å². The van der Waals surface area contributed by atoms with Crippen molar-refractivity contribution < 1.29 is 9.53 Å². The SMILES string of the molecule is CCCNC(=O)OCC1CCCCC1CN. The van der Waals surface area contributed by atoms with E-state index < -0.39 is 0 Å². The van der Waals surface area contributed by atoms with E-state index >= 15 is 0 Å². The molecule has 0 heterocycles. The van der Waals surface area contributed by atoms with Gasteiger partial charge < -0.3 is 15.8 Å². The molecule has 0 aromatic rings. The van der Waals surface area contributed by atoms with Crippen molar-refractivity contribution in [2.45, 2.75) is 39.0 Å². The molecule has 0 spiro atoms. The van der Waals surface area contributed by atoms with E-state index in [1.165, 1.54) is 19.3 Å². The van der Waals surface area contributed by atoms with Crippen LogP contribution in [-0.2, 0) is 4.74 Å². The average Bonchev–Trinajstić information content (AvgIpc) is 2.34. The van der Waals surface area contributed by atoms with Crippen molar-refractivity contribution in [1.82, 2.24) is 5.32 Å². The molecule has 4 nitrogen and oxygen atoms in total. The van der Waals surface area contributed by atoms with Gasteiger partial charge in [0.2, 0.25) is 0 Å². The maximum Gasteiger partial charge on any atom is 0.407 e. The molecule has 1 saturated carbocycles. The summed E-state index contributed by atoms with van der Waals surface area (Å²) in [7, 11) is 0.